The molecule has 0 aliphatic carbocycles. The van der Waals surface area contributed by atoms with Gasteiger partial charge >= 0.3 is 11.4 Å². The number of ether oxygens (including phenoxy) is 2. The maximum atomic E-state index is 14.6. The molecule has 0 amide bonds. The van der Waals surface area contributed by atoms with Crippen LogP contribution in [0.25, 0.3) is 34.0 Å². The molecule has 6 aromatic heterocycles. The van der Waals surface area contributed by atoms with Gasteiger partial charge in [0.1, 0.15) is 34.2 Å². The highest BCUT2D eigenvalue weighted by atomic mass is 16.5. The Morgan fingerprint density at radius 3 is 2.08 bits per heavy atom. The van der Waals surface area contributed by atoms with E-state index >= 15 is 0 Å². The molecule has 4 atom stereocenters. The van der Waals surface area contributed by atoms with Crippen molar-refractivity contribution in [2.75, 3.05) is 23.9 Å². The van der Waals surface area contributed by atoms with E-state index in [1.165, 1.54) is 4.57 Å². The summed E-state index contributed by atoms with van der Waals surface area (Å²) in [6, 6.07) is 6.63. The van der Waals surface area contributed by atoms with Gasteiger partial charge < -0.3 is 19.3 Å². The quantitative estimate of drug-likeness (QED) is 0.291. The lowest BCUT2D eigenvalue weighted by atomic mass is 10.1. The van der Waals surface area contributed by atoms with Gasteiger partial charge in [-0.3, -0.25) is 9.55 Å². The average Bonchev–Trinajstić information content (AvgIpc) is 3.56. The van der Waals surface area contributed by atoms with E-state index in [1.807, 2.05) is 37.7 Å². The van der Waals surface area contributed by atoms with Crippen molar-refractivity contribution in [1.29, 1.82) is 0 Å². The minimum absolute atomic E-state index is 0.0873. The van der Waals surface area contributed by atoms with Gasteiger partial charge in [0, 0.05) is 88.6 Å². The van der Waals surface area contributed by atoms with Gasteiger partial charge in [0.05, 0.1) is 18.2 Å². The Kier molecular flexibility index (Phi) is 6.89. The van der Waals surface area contributed by atoms with Gasteiger partial charge in [-0.1, -0.05) is 0 Å². The Balaban J connectivity index is 1.28. The first-order valence-electron chi connectivity index (χ1n) is 15.8. The van der Waals surface area contributed by atoms with Crippen molar-refractivity contribution in [1.82, 2.24) is 48.6 Å². The maximum Gasteiger partial charge on any atom is 0.336 e. The summed E-state index contributed by atoms with van der Waals surface area (Å²) in [4.78, 5) is 62.0. The normalized spacial score (nSPS) is 20.9. The van der Waals surface area contributed by atoms with Crippen LogP contribution in [0.1, 0.15) is 33.6 Å². The zero-order valence-corrected chi connectivity index (χ0v) is 27.1. The summed E-state index contributed by atoms with van der Waals surface area (Å²) in [5.41, 5.74) is 1.13. The van der Waals surface area contributed by atoms with Crippen LogP contribution in [-0.2, 0) is 6.54 Å². The summed E-state index contributed by atoms with van der Waals surface area (Å²) in [5, 5.41) is 0. The molecule has 0 radical (unpaired) electrons. The predicted octanol–water partition coefficient (Wildman–Crippen LogP) is 2.47. The molecule has 0 spiro atoms. The number of H-pyrrole nitrogens is 1. The van der Waals surface area contributed by atoms with Crippen molar-refractivity contribution >= 4 is 34.2 Å². The number of hydrogen-bond donors (Lipinski definition) is 1. The van der Waals surface area contributed by atoms with Gasteiger partial charge in [-0.05, 0) is 20.8 Å². The van der Waals surface area contributed by atoms with Crippen LogP contribution in [0.3, 0.4) is 0 Å². The summed E-state index contributed by atoms with van der Waals surface area (Å²) >= 11 is 0. The van der Waals surface area contributed by atoms with Crippen LogP contribution >= 0.6 is 0 Å². The van der Waals surface area contributed by atoms with E-state index in [4.69, 9.17) is 24.4 Å². The smallest absolute Gasteiger partial charge is 0.336 e. The second-order valence-electron chi connectivity index (χ2n) is 12.5. The molecule has 0 aromatic carbocycles. The van der Waals surface area contributed by atoms with Crippen LogP contribution in [0, 0.1) is 0 Å². The molecule has 1 N–H and O–H groups in total. The Morgan fingerprint density at radius 1 is 0.750 bits per heavy atom. The second-order valence-corrected chi connectivity index (χ2v) is 12.5. The number of nitrogens with one attached hydrogen (secondary N) is 1. The number of nitrogens with zero attached hydrogens (tertiary/aromatic N) is 11. The molecule has 0 unspecified atom stereocenters. The number of anilines is 2. The maximum absolute atomic E-state index is 14.6. The topological polar surface area (TPSA) is 167 Å². The monoisotopic (exact) mass is 650 g/mol. The molecule has 246 valence electrons. The first kappa shape index (κ1) is 29.6. The van der Waals surface area contributed by atoms with E-state index in [9.17, 15) is 9.59 Å². The summed E-state index contributed by atoms with van der Waals surface area (Å²) in [6.45, 7) is 6.27. The predicted molar refractivity (Wildman–Crippen MR) is 178 cm³/mol. The van der Waals surface area contributed by atoms with Crippen LogP contribution in [-0.4, -0.2) is 87.0 Å². The number of rotatable bonds is 2. The SMILES string of the molecule is C[C@@H]1C[C@@H](C)N(C)c2nccc(n2)-n2c(=O)n(C[C@@H]3C[C@H](C)Oc4ccnc5[nH]c(=O)n(c45)-c4ccnc(n4)N3C)c3nccc(c32)O1. The third-order valence-electron chi connectivity index (χ3n) is 9.19. The molecule has 8 heterocycles. The fourth-order valence-corrected chi connectivity index (χ4v) is 6.67. The standard InChI is InChI=1S/C32H34N12O4/c1-17-14-18(2)47-22-7-11-34-28-26(22)44(24-9-13-35-29(38-24)40(17)4)32(46)42(28)16-20-15-19(3)48-21-6-10-33-27-25(21)43(31(45)39-27)23-8-12-36-30(37-23)41(20)5/h6-13,17-20H,14-16H2,1-5H3,(H,33,39,45)/t17-,18-,19+,20+/m1/s1. The van der Waals surface area contributed by atoms with E-state index in [-0.39, 0.29) is 36.5 Å². The molecule has 2 aliphatic rings. The minimum atomic E-state index is -0.393. The molecule has 0 fully saturated rings. The molecule has 4 bridgehead atoms. The van der Waals surface area contributed by atoms with Gasteiger partial charge in [-0.25, -0.2) is 38.7 Å². The van der Waals surface area contributed by atoms with Crippen LogP contribution in [0.4, 0.5) is 11.9 Å². The van der Waals surface area contributed by atoms with Crippen LogP contribution in [0.15, 0.2) is 58.6 Å². The highest BCUT2D eigenvalue weighted by molar-refractivity contribution is 5.81. The Hall–Kier alpha value is -5.80. The van der Waals surface area contributed by atoms with Crippen LogP contribution < -0.4 is 30.7 Å². The highest BCUT2D eigenvalue weighted by Crippen LogP contribution is 2.31. The third-order valence-corrected chi connectivity index (χ3v) is 9.19. The van der Waals surface area contributed by atoms with Crippen LogP contribution in [0.2, 0.25) is 0 Å². The minimum Gasteiger partial charge on any atom is -0.488 e. The third kappa shape index (κ3) is 4.74. The van der Waals surface area contributed by atoms with Crippen molar-refractivity contribution in [2.45, 2.75) is 64.4 Å². The average molecular weight is 651 g/mol. The Morgan fingerprint density at radius 2 is 1.35 bits per heavy atom. The zero-order valence-electron chi connectivity index (χ0n) is 27.1. The number of pyridine rings is 2. The lowest BCUT2D eigenvalue weighted by Crippen LogP contribution is -2.42. The molecular weight excluding hydrogens is 616 g/mol. The molecule has 8 rings (SSSR count). The van der Waals surface area contributed by atoms with Gasteiger partial charge in [0.15, 0.2) is 11.3 Å². The van der Waals surface area contributed by atoms with Crippen molar-refractivity contribution in [3.63, 3.8) is 0 Å². The van der Waals surface area contributed by atoms with E-state index in [1.54, 1.807) is 58.2 Å². The van der Waals surface area contributed by atoms with Gasteiger partial charge in [-0.15, -0.1) is 0 Å². The number of imidazole rings is 2. The highest BCUT2D eigenvalue weighted by Gasteiger charge is 2.30. The number of fused-ring (bicyclic) bond motifs is 6. The first-order chi connectivity index (χ1) is 23.2. The van der Waals surface area contributed by atoms with Gasteiger partial charge in [-0.2, -0.15) is 9.97 Å². The fourth-order valence-electron chi connectivity index (χ4n) is 6.67. The van der Waals surface area contributed by atoms with E-state index in [0.717, 1.165) is 0 Å². The molecule has 6 aromatic rings. The van der Waals surface area contributed by atoms with Crippen LogP contribution in [0.5, 0.6) is 11.5 Å². The van der Waals surface area contributed by atoms with Crippen molar-refractivity contribution < 1.29 is 9.47 Å². The van der Waals surface area contributed by atoms with Crippen molar-refractivity contribution in [2.24, 2.45) is 0 Å². The molecule has 0 saturated carbocycles. The van der Waals surface area contributed by atoms with Gasteiger partial charge in [0.2, 0.25) is 11.9 Å². The molecule has 48 heavy (non-hydrogen) atoms. The summed E-state index contributed by atoms with van der Waals surface area (Å²) in [7, 11) is 3.81. The Labute approximate surface area is 273 Å². The van der Waals surface area contributed by atoms with E-state index in [2.05, 4.69) is 26.9 Å². The Bertz CT molecular complexity index is 2310. The second kappa shape index (κ2) is 11.2. The number of aromatic amines is 1. The number of likely N-dealkylation sites (N-methyl/N-ethyl adjacent to an activating group) is 1. The summed E-state index contributed by atoms with van der Waals surface area (Å²) in [5.74, 6) is 2.69. The van der Waals surface area contributed by atoms with E-state index < -0.39 is 5.69 Å². The largest absolute Gasteiger partial charge is 0.488 e. The summed E-state index contributed by atoms with van der Waals surface area (Å²) < 4.78 is 17.6. The fraction of sp³-hybridized carbons (Fsp3) is 0.375. The summed E-state index contributed by atoms with van der Waals surface area (Å²) in [6.07, 6.45) is 7.17. The molecule has 16 nitrogen and oxygen atoms in total. The van der Waals surface area contributed by atoms with E-state index in [0.29, 0.717) is 70.2 Å². The zero-order chi connectivity index (χ0) is 33.3. The van der Waals surface area contributed by atoms with Crippen molar-refractivity contribution in [3.05, 3.63) is 70.0 Å². The molecular formula is C32H34N12O4. The molecule has 16 heteroatoms. The number of aromatic nitrogens is 10. The van der Waals surface area contributed by atoms with Crippen molar-refractivity contribution in [3.8, 4) is 23.1 Å². The lowest BCUT2D eigenvalue weighted by Gasteiger charge is -2.30. The number of hydrogen-bond acceptors (Lipinski definition) is 12. The molecule has 0 saturated heterocycles. The first-order valence-corrected chi connectivity index (χ1v) is 15.8. The lowest BCUT2D eigenvalue weighted by molar-refractivity contribution is 0.197. The molecule has 2 aliphatic heterocycles. The van der Waals surface area contributed by atoms with Gasteiger partial charge in [0.25, 0.3) is 0 Å².